The molecule has 0 heterocycles. The highest BCUT2D eigenvalue weighted by Gasteiger charge is 2.09. The summed E-state index contributed by atoms with van der Waals surface area (Å²) in [5, 5.41) is 17.1. The first kappa shape index (κ1) is 11.2. The van der Waals surface area contributed by atoms with Crippen molar-refractivity contribution in [2.45, 2.75) is 6.92 Å². The zero-order chi connectivity index (χ0) is 9.40. The van der Waals surface area contributed by atoms with Crippen molar-refractivity contribution in [2.24, 2.45) is 5.92 Å². The minimum Gasteiger partial charge on any atom is -0.434 e. The van der Waals surface area contributed by atoms with Crippen molar-refractivity contribution in [1.82, 2.24) is 0 Å². The molecule has 0 rings (SSSR count). The van der Waals surface area contributed by atoms with Gasteiger partial charge in [-0.05, 0) is 6.92 Å². The van der Waals surface area contributed by atoms with Gasteiger partial charge in [0.15, 0.2) is 0 Å². The predicted octanol–water partition coefficient (Wildman–Crippen LogP) is -0.0779. The highest BCUT2D eigenvalue weighted by molar-refractivity contribution is 5.60. The van der Waals surface area contributed by atoms with Crippen molar-refractivity contribution in [3.8, 4) is 0 Å². The second kappa shape index (κ2) is 6.87. The van der Waals surface area contributed by atoms with Crippen LogP contribution in [-0.4, -0.2) is 36.2 Å². The summed E-state index contributed by atoms with van der Waals surface area (Å²) in [7, 11) is 0. The number of rotatable bonds is 5. The molecule has 5 nitrogen and oxygen atoms in total. The number of carbonyl (C=O) groups is 1. The van der Waals surface area contributed by atoms with E-state index in [0.717, 1.165) is 0 Å². The van der Waals surface area contributed by atoms with Crippen LogP contribution in [0.2, 0.25) is 0 Å². The van der Waals surface area contributed by atoms with Crippen LogP contribution in [0.4, 0.5) is 4.79 Å². The molecular weight excluding hydrogens is 164 g/mol. The average Bonchev–Trinajstić information content (AvgIpc) is 2.07. The van der Waals surface area contributed by atoms with Crippen LogP contribution >= 0.6 is 0 Å². The second-order valence-corrected chi connectivity index (χ2v) is 2.15. The zero-order valence-electron chi connectivity index (χ0n) is 6.90. The Bertz CT molecular complexity index is 121. The Hall–Kier alpha value is -0.810. The third-order valence-electron chi connectivity index (χ3n) is 1.17. The van der Waals surface area contributed by atoms with Gasteiger partial charge in [-0.3, -0.25) is 0 Å². The zero-order valence-corrected chi connectivity index (χ0v) is 6.90. The Balaban J connectivity index is 3.44. The Morgan fingerprint density at radius 1 is 1.50 bits per heavy atom. The summed E-state index contributed by atoms with van der Waals surface area (Å²) in [5.74, 6) is -0.436. The third-order valence-corrected chi connectivity index (χ3v) is 1.17. The predicted molar refractivity (Wildman–Crippen MR) is 40.1 cm³/mol. The van der Waals surface area contributed by atoms with Gasteiger partial charge >= 0.3 is 6.16 Å². The largest absolute Gasteiger partial charge is 0.508 e. The SMILES string of the molecule is C[CH]OC(=O)OCC(CO)CO. The monoisotopic (exact) mass is 177 g/mol. The minimum absolute atomic E-state index is 0.0420. The van der Waals surface area contributed by atoms with Crippen molar-refractivity contribution >= 4 is 6.16 Å². The topological polar surface area (TPSA) is 76.0 Å². The second-order valence-electron chi connectivity index (χ2n) is 2.15. The van der Waals surface area contributed by atoms with Crippen LogP contribution in [0.5, 0.6) is 0 Å². The third kappa shape index (κ3) is 4.92. The van der Waals surface area contributed by atoms with E-state index in [2.05, 4.69) is 9.47 Å². The maximum absolute atomic E-state index is 10.5. The molecule has 0 atom stereocenters. The van der Waals surface area contributed by atoms with Crippen LogP contribution < -0.4 is 0 Å². The van der Waals surface area contributed by atoms with Gasteiger partial charge in [0.1, 0.15) is 13.2 Å². The molecule has 0 aromatic carbocycles. The summed E-state index contributed by atoms with van der Waals surface area (Å²) in [5.41, 5.74) is 0. The van der Waals surface area contributed by atoms with E-state index < -0.39 is 12.1 Å². The fourth-order valence-electron chi connectivity index (χ4n) is 0.479. The van der Waals surface area contributed by atoms with E-state index in [4.69, 9.17) is 10.2 Å². The molecule has 0 fully saturated rings. The molecule has 12 heavy (non-hydrogen) atoms. The molecule has 0 unspecified atom stereocenters. The molecule has 1 radical (unpaired) electrons. The van der Waals surface area contributed by atoms with Crippen molar-refractivity contribution in [1.29, 1.82) is 0 Å². The molecule has 0 spiro atoms. The molecule has 0 aliphatic heterocycles. The standard InChI is InChI=1S/C7H13O5/c1-2-11-7(10)12-5-6(3-8)4-9/h2,6,8-9H,3-5H2,1H3. The molecule has 0 bridgehead atoms. The minimum atomic E-state index is -0.829. The van der Waals surface area contributed by atoms with Crippen molar-refractivity contribution < 1.29 is 24.5 Å². The van der Waals surface area contributed by atoms with Crippen LogP contribution in [0.3, 0.4) is 0 Å². The van der Waals surface area contributed by atoms with E-state index in [1.807, 2.05) is 0 Å². The van der Waals surface area contributed by atoms with Crippen LogP contribution in [-0.2, 0) is 9.47 Å². The number of hydrogen-bond donors (Lipinski definition) is 2. The van der Waals surface area contributed by atoms with E-state index in [-0.39, 0.29) is 19.8 Å². The Labute approximate surface area is 70.9 Å². The average molecular weight is 177 g/mol. The van der Waals surface area contributed by atoms with E-state index >= 15 is 0 Å². The fraction of sp³-hybridized carbons (Fsp3) is 0.714. The molecule has 0 aromatic rings. The molecule has 0 aliphatic carbocycles. The van der Waals surface area contributed by atoms with Crippen LogP contribution in [0.15, 0.2) is 0 Å². The number of carbonyl (C=O) groups excluding carboxylic acids is 1. The lowest BCUT2D eigenvalue weighted by Crippen LogP contribution is -2.20. The summed E-state index contributed by atoms with van der Waals surface area (Å²) in [6.45, 7) is 2.24. The molecule has 0 saturated carbocycles. The summed E-state index contributed by atoms with van der Waals surface area (Å²) in [6, 6.07) is 0. The molecule has 0 aliphatic rings. The Morgan fingerprint density at radius 2 is 2.08 bits per heavy atom. The molecular formula is C7H13O5. The van der Waals surface area contributed by atoms with Crippen LogP contribution in [0.1, 0.15) is 6.92 Å². The van der Waals surface area contributed by atoms with Gasteiger partial charge in [-0.25, -0.2) is 4.79 Å². The van der Waals surface area contributed by atoms with Crippen molar-refractivity contribution in [3.63, 3.8) is 0 Å². The first-order valence-corrected chi connectivity index (χ1v) is 3.57. The Morgan fingerprint density at radius 3 is 2.50 bits per heavy atom. The van der Waals surface area contributed by atoms with E-state index in [9.17, 15) is 4.79 Å². The van der Waals surface area contributed by atoms with Gasteiger partial charge < -0.3 is 19.7 Å². The lowest BCUT2D eigenvalue weighted by Gasteiger charge is -2.10. The van der Waals surface area contributed by atoms with Crippen LogP contribution in [0.25, 0.3) is 0 Å². The van der Waals surface area contributed by atoms with Crippen molar-refractivity contribution in [2.75, 3.05) is 19.8 Å². The first-order valence-electron chi connectivity index (χ1n) is 3.57. The molecule has 0 saturated heterocycles. The first-order chi connectivity index (χ1) is 5.74. The lowest BCUT2D eigenvalue weighted by atomic mass is 10.2. The summed E-state index contributed by atoms with van der Waals surface area (Å²) >= 11 is 0. The van der Waals surface area contributed by atoms with Crippen molar-refractivity contribution in [3.05, 3.63) is 6.61 Å². The summed E-state index contributed by atoms with van der Waals surface area (Å²) in [6.07, 6.45) is -0.829. The molecule has 0 aromatic heterocycles. The van der Waals surface area contributed by atoms with Gasteiger partial charge in [0, 0.05) is 5.92 Å². The smallest absolute Gasteiger partial charge is 0.434 e. The van der Waals surface area contributed by atoms with E-state index in [1.165, 1.54) is 13.5 Å². The Kier molecular flexibility index (Phi) is 6.41. The van der Waals surface area contributed by atoms with Gasteiger partial charge in [0.2, 0.25) is 0 Å². The lowest BCUT2D eigenvalue weighted by molar-refractivity contribution is 0.0372. The van der Waals surface area contributed by atoms with E-state index in [0.29, 0.717) is 0 Å². The van der Waals surface area contributed by atoms with Gasteiger partial charge in [-0.15, -0.1) is 0 Å². The quantitative estimate of drug-likeness (QED) is 0.574. The molecule has 0 amide bonds. The van der Waals surface area contributed by atoms with Gasteiger partial charge in [-0.1, -0.05) is 0 Å². The number of aliphatic hydroxyl groups excluding tert-OH is 2. The van der Waals surface area contributed by atoms with Gasteiger partial charge in [0.25, 0.3) is 0 Å². The maximum Gasteiger partial charge on any atom is 0.508 e. The number of hydrogen-bond acceptors (Lipinski definition) is 5. The van der Waals surface area contributed by atoms with Crippen LogP contribution in [0, 0.1) is 12.5 Å². The normalized spacial score (nSPS) is 10.0. The van der Waals surface area contributed by atoms with E-state index in [1.54, 1.807) is 0 Å². The highest BCUT2D eigenvalue weighted by Crippen LogP contribution is 1.96. The molecule has 2 N–H and O–H groups in total. The maximum atomic E-state index is 10.5. The summed E-state index contributed by atoms with van der Waals surface area (Å²) < 4.78 is 8.85. The highest BCUT2D eigenvalue weighted by atomic mass is 16.7. The number of aliphatic hydroxyl groups is 2. The molecule has 5 heteroatoms. The fourth-order valence-corrected chi connectivity index (χ4v) is 0.479. The van der Waals surface area contributed by atoms with Gasteiger partial charge in [0.05, 0.1) is 13.2 Å². The summed E-state index contributed by atoms with van der Waals surface area (Å²) in [4.78, 5) is 10.5. The van der Waals surface area contributed by atoms with Gasteiger partial charge in [-0.2, -0.15) is 0 Å². The number of ether oxygens (including phenoxy) is 2. The molecule has 71 valence electrons.